The lowest BCUT2D eigenvalue weighted by atomic mass is 10.1. The summed E-state index contributed by atoms with van der Waals surface area (Å²) < 4.78 is 26.2. The molecule has 0 unspecified atom stereocenters. The second-order valence-electron chi connectivity index (χ2n) is 4.63. The van der Waals surface area contributed by atoms with Crippen LogP contribution in [-0.2, 0) is 0 Å². The third kappa shape index (κ3) is 3.13. The van der Waals surface area contributed by atoms with E-state index < -0.39 is 11.6 Å². The molecular weight excluding hydrogens is 258 g/mol. The average Bonchev–Trinajstić information content (AvgIpc) is 3.08. The van der Waals surface area contributed by atoms with Gasteiger partial charge in [0.2, 0.25) is 0 Å². The van der Waals surface area contributed by atoms with E-state index in [9.17, 15) is 8.78 Å². The predicted octanol–water partition coefficient (Wildman–Crippen LogP) is 2.97. The van der Waals surface area contributed by atoms with Crippen molar-refractivity contribution in [2.45, 2.75) is 24.2 Å². The number of thioether (sulfide) groups is 1. The maximum atomic E-state index is 13.4. The van der Waals surface area contributed by atoms with Gasteiger partial charge in [0.1, 0.15) is 17.5 Å². The van der Waals surface area contributed by atoms with Gasteiger partial charge in [-0.05, 0) is 30.4 Å². The van der Waals surface area contributed by atoms with Gasteiger partial charge < -0.3 is 10.9 Å². The van der Waals surface area contributed by atoms with Crippen LogP contribution in [0, 0.1) is 17.0 Å². The molecule has 6 heteroatoms. The van der Waals surface area contributed by atoms with Crippen molar-refractivity contribution >= 4 is 17.6 Å². The zero-order chi connectivity index (χ0) is 13.2. The molecule has 1 fully saturated rings. The van der Waals surface area contributed by atoms with Crippen LogP contribution in [0.15, 0.2) is 28.3 Å². The molecule has 18 heavy (non-hydrogen) atoms. The summed E-state index contributed by atoms with van der Waals surface area (Å²) in [6.45, 7) is 0. The Kier molecular flexibility index (Phi) is 3.75. The van der Waals surface area contributed by atoms with Gasteiger partial charge in [-0.15, -0.1) is 11.8 Å². The fraction of sp³-hybridized carbons (Fsp3) is 0.417. The van der Waals surface area contributed by atoms with Gasteiger partial charge in [0.05, 0.1) is 0 Å². The van der Waals surface area contributed by atoms with Crippen LogP contribution in [0.2, 0.25) is 0 Å². The van der Waals surface area contributed by atoms with Gasteiger partial charge in [0.15, 0.2) is 0 Å². The van der Waals surface area contributed by atoms with Crippen molar-refractivity contribution in [2.75, 3.05) is 5.75 Å². The van der Waals surface area contributed by atoms with Gasteiger partial charge in [-0.2, -0.15) is 0 Å². The largest absolute Gasteiger partial charge is 0.409 e. The molecule has 3 N–H and O–H groups in total. The molecule has 0 bridgehead atoms. The van der Waals surface area contributed by atoms with E-state index in [1.165, 1.54) is 23.9 Å². The van der Waals surface area contributed by atoms with Crippen molar-refractivity contribution in [1.82, 2.24) is 0 Å². The van der Waals surface area contributed by atoms with Crippen molar-refractivity contribution in [3.63, 3.8) is 0 Å². The first-order valence-corrected chi connectivity index (χ1v) is 6.57. The zero-order valence-corrected chi connectivity index (χ0v) is 10.5. The molecule has 98 valence electrons. The summed E-state index contributed by atoms with van der Waals surface area (Å²) in [6, 6.07) is 3.56. The van der Waals surface area contributed by atoms with Crippen LogP contribution in [0.4, 0.5) is 8.78 Å². The molecule has 0 saturated heterocycles. The summed E-state index contributed by atoms with van der Waals surface area (Å²) in [5, 5.41) is 11.5. The minimum absolute atomic E-state index is 0.00179. The van der Waals surface area contributed by atoms with Gasteiger partial charge in [-0.25, -0.2) is 8.78 Å². The Morgan fingerprint density at radius 3 is 2.72 bits per heavy atom. The molecule has 0 heterocycles. The van der Waals surface area contributed by atoms with Crippen molar-refractivity contribution < 1.29 is 14.0 Å². The normalized spacial score (nSPS) is 17.8. The molecule has 0 atom stereocenters. The standard InChI is InChI=1S/C12H14F2N2OS/c13-8-1-2-10(9(14)5-8)18-7-12(3-4-12)6-11(15)16-17/h1-2,5,17H,3-4,6-7H2,(H2,15,16). The topological polar surface area (TPSA) is 58.6 Å². The van der Waals surface area contributed by atoms with Gasteiger partial charge in [-0.1, -0.05) is 5.16 Å². The Balaban J connectivity index is 1.95. The number of hydrogen-bond acceptors (Lipinski definition) is 3. The van der Waals surface area contributed by atoms with E-state index in [-0.39, 0.29) is 11.3 Å². The molecular formula is C12H14F2N2OS. The van der Waals surface area contributed by atoms with Crippen LogP contribution in [-0.4, -0.2) is 16.8 Å². The molecule has 1 saturated carbocycles. The summed E-state index contributed by atoms with van der Waals surface area (Å²) in [5.74, 6) is -0.229. The Bertz CT molecular complexity index is 475. The maximum Gasteiger partial charge on any atom is 0.139 e. The van der Waals surface area contributed by atoms with Crippen LogP contribution < -0.4 is 5.73 Å². The highest BCUT2D eigenvalue weighted by molar-refractivity contribution is 7.99. The molecule has 0 aliphatic heterocycles. The second kappa shape index (κ2) is 5.14. The van der Waals surface area contributed by atoms with Crippen LogP contribution in [0.1, 0.15) is 19.3 Å². The summed E-state index contributed by atoms with van der Waals surface area (Å²) in [7, 11) is 0. The predicted molar refractivity (Wildman–Crippen MR) is 66.8 cm³/mol. The third-order valence-electron chi connectivity index (χ3n) is 3.07. The average molecular weight is 272 g/mol. The lowest BCUT2D eigenvalue weighted by Gasteiger charge is -2.13. The molecule has 0 spiro atoms. The first kappa shape index (κ1) is 13.1. The Labute approximate surface area is 108 Å². The van der Waals surface area contributed by atoms with Gasteiger partial charge in [0.25, 0.3) is 0 Å². The van der Waals surface area contributed by atoms with Crippen LogP contribution in [0.3, 0.4) is 0 Å². The van der Waals surface area contributed by atoms with E-state index in [0.29, 0.717) is 17.1 Å². The fourth-order valence-corrected chi connectivity index (χ4v) is 3.01. The van der Waals surface area contributed by atoms with E-state index in [0.717, 1.165) is 18.9 Å². The fourth-order valence-electron chi connectivity index (χ4n) is 1.79. The third-order valence-corrected chi connectivity index (χ3v) is 4.47. The van der Waals surface area contributed by atoms with E-state index in [1.807, 2.05) is 0 Å². The minimum atomic E-state index is -0.574. The molecule has 1 aromatic rings. The first-order valence-electron chi connectivity index (χ1n) is 5.59. The van der Waals surface area contributed by atoms with Crippen LogP contribution >= 0.6 is 11.8 Å². The van der Waals surface area contributed by atoms with Gasteiger partial charge in [0, 0.05) is 23.1 Å². The highest BCUT2D eigenvalue weighted by atomic mass is 32.2. The van der Waals surface area contributed by atoms with Gasteiger partial charge >= 0.3 is 0 Å². The SMILES string of the molecule is NC(CC1(CSc2ccc(F)cc2F)CC1)=NO. The first-order chi connectivity index (χ1) is 8.54. The summed E-state index contributed by atoms with van der Waals surface area (Å²) in [5.41, 5.74) is 5.49. The second-order valence-corrected chi connectivity index (χ2v) is 5.65. The number of oxime groups is 1. The number of benzene rings is 1. The number of amidine groups is 1. The zero-order valence-electron chi connectivity index (χ0n) is 9.70. The lowest BCUT2D eigenvalue weighted by molar-refractivity contribution is 0.315. The van der Waals surface area contributed by atoms with Crippen molar-refractivity contribution in [1.29, 1.82) is 0 Å². The summed E-state index contributed by atoms with van der Waals surface area (Å²) >= 11 is 1.34. The highest BCUT2D eigenvalue weighted by Crippen LogP contribution is 2.52. The number of nitrogens with zero attached hydrogens (tertiary/aromatic N) is 1. The quantitative estimate of drug-likeness (QED) is 0.285. The van der Waals surface area contributed by atoms with Crippen LogP contribution in [0.25, 0.3) is 0 Å². The van der Waals surface area contributed by atoms with E-state index >= 15 is 0 Å². The molecule has 1 aliphatic carbocycles. The van der Waals surface area contributed by atoms with Crippen LogP contribution in [0.5, 0.6) is 0 Å². The van der Waals surface area contributed by atoms with E-state index in [4.69, 9.17) is 10.9 Å². The molecule has 2 rings (SSSR count). The van der Waals surface area contributed by atoms with E-state index in [1.54, 1.807) is 0 Å². The Morgan fingerprint density at radius 1 is 1.44 bits per heavy atom. The molecule has 0 amide bonds. The molecule has 0 aromatic heterocycles. The lowest BCUT2D eigenvalue weighted by Crippen LogP contribution is -2.19. The maximum absolute atomic E-state index is 13.4. The molecule has 1 aliphatic rings. The Morgan fingerprint density at radius 2 is 2.17 bits per heavy atom. The summed E-state index contributed by atoms with van der Waals surface area (Å²) in [4.78, 5) is 0.433. The van der Waals surface area contributed by atoms with Crippen molar-refractivity contribution in [3.05, 3.63) is 29.8 Å². The number of hydrogen-bond donors (Lipinski definition) is 2. The minimum Gasteiger partial charge on any atom is -0.409 e. The highest BCUT2D eigenvalue weighted by Gasteiger charge is 2.43. The number of halogens is 2. The van der Waals surface area contributed by atoms with Gasteiger partial charge in [-0.3, -0.25) is 0 Å². The molecule has 1 aromatic carbocycles. The van der Waals surface area contributed by atoms with E-state index in [2.05, 4.69) is 5.16 Å². The summed E-state index contributed by atoms with van der Waals surface area (Å²) in [6.07, 6.45) is 2.48. The molecule has 3 nitrogen and oxygen atoms in total. The Hall–Kier alpha value is -1.30. The van der Waals surface area contributed by atoms with Crippen molar-refractivity contribution in [3.8, 4) is 0 Å². The van der Waals surface area contributed by atoms with Crippen molar-refractivity contribution in [2.24, 2.45) is 16.3 Å². The smallest absolute Gasteiger partial charge is 0.139 e. The monoisotopic (exact) mass is 272 g/mol. The molecule has 0 radical (unpaired) electrons. The number of rotatable bonds is 5. The number of nitrogens with two attached hydrogens (primary N) is 1.